The summed E-state index contributed by atoms with van der Waals surface area (Å²) in [5, 5.41) is 1.36. The highest BCUT2D eigenvalue weighted by atomic mass is 35.5. The Morgan fingerprint density at radius 3 is 2.08 bits per heavy atom. The first kappa shape index (κ1) is 19.2. The average Bonchev–Trinajstić information content (AvgIpc) is 2.66. The van der Waals surface area contributed by atoms with Crippen molar-refractivity contribution in [2.75, 3.05) is 24.5 Å². The van der Waals surface area contributed by atoms with Crippen LogP contribution < -0.4 is 4.90 Å². The third-order valence-electron chi connectivity index (χ3n) is 5.01. The van der Waals surface area contributed by atoms with Crippen LogP contribution in [0.2, 0.25) is 10.0 Å². The molecule has 3 rings (SSSR count). The Kier molecular flexibility index (Phi) is 6.58. The Labute approximate surface area is 165 Å². The topological polar surface area (TPSA) is 23.6 Å². The molecule has 3 nitrogen and oxygen atoms in total. The number of anilines is 1. The molecule has 1 amide bonds. The zero-order valence-electron chi connectivity index (χ0n) is 15.0. The molecule has 1 saturated heterocycles. The molecule has 1 aliphatic rings. The standard InChI is InChI=1S/C21H24Cl2N2O/c1-2-24-13-11-20(12-14-24)25(19-9-7-18(23)8-10-19)21(26)15-16-3-5-17(22)6-4-16/h3-10,20H,2,11-15H2,1H3. The summed E-state index contributed by atoms with van der Waals surface area (Å²) in [6.45, 7) is 5.30. The number of amides is 1. The summed E-state index contributed by atoms with van der Waals surface area (Å²) in [5.74, 6) is 0.115. The summed E-state index contributed by atoms with van der Waals surface area (Å²) in [5.41, 5.74) is 1.90. The van der Waals surface area contributed by atoms with E-state index < -0.39 is 0 Å². The molecule has 2 aromatic rings. The highest BCUT2D eigenvalue weighted by molar-refractivity contribution is 6.30. The zero-order chi connectivity index (χ0) is 18.5. The predicted molar refractivity (Wildman–Crippen MR) is 109 cm³/mol. The summed E-state index contributed by atoms with van der Waals surface area (Å²) >= 11 is 12.0. The lowest BCUT2D eigenvalue weighted by Crippen LogP contribution is -2.48. The Morgan fingerprint density at radius 2 is 1.54 bits per heavy atom. The molecule has 138 valence electrons. The van der Waals surface area contributed by atoms with Crippen LogP contribution in [0.4, 0.5) is 5.69 Å². The van der Waals surface area contributed by atoms with E-state index in [1.54, 1.807) is 0 Å². The maximum absolute atomic E-state index is 13.2. The van der Waals surface area contributed by atoms with E-state index in [9.17, 15) is 4.79 Å². The van der Waals surface area contributed by atoms with E-state index in [4.69, 9.17) is 23.2 Å². The predicted octanol–water partition coefficient (Wildman–Crippen LogP) is 5.05. The van der Waals surface area contributed by atoms with Crippen molar-refractivity contribution in [2.24, 2.45) is 0 Å². The SMILES string of the molecule is CCN1CCC(N(C(=O)Cc2ccc(Cl)cc2)c2ccc(Cl)cc2)CC1. The maximum atomic E-state index is 13.2. The van der Waals surface area contributed by atoms with E-state index in [-0.39, 0.29) is 11.9 Å². The van der Waals surface area contributed by atoms with Gasteiger partial charge in [0, 0.05) is 34.9 Å². The molecule has 0 bridgehead atoms. The van der Waals surface area contributed by atoms with Gasteiger partial charge in [0.05, 0.1) is 6.42 Å². The third kappa shape index (κ3) is 4.79. The van der Waals surface area contributed by atoms with Gasteiger partial charge in [-0.1, -0.05) is 42.3 Å². The van der Waals surface area contributed by atoms with E-state index in [1.165, 1.54) is 0 Å². The highest BCUT2D eigenvalue weighted by Gasteiger charge is 2.28. The maximum Gasteiger partial charge on any atom is 0.231 e. The molecule has 0 aromatic heterocycles. The molecule has 0 radical (unpaired) electrons. The molecule has 1 heterocycles. The van der Waals surface area contributed by atoms with Gasteiger partial charge < -0.3 is 9.80 Å². The molecule has 0 saturated carbocycles. The van der Waals surface area contributed by atoms with Gasteiger partial charge in [-0.25, -0.2) is 0 Å². The number of halogens is 2. The van der Waals surface area contributed by atoms with E-state index in [0.29, 0.717) is 16.5 Å². The Bertz CT molecular complexity index is 723. The van der Waals surface area contributed by atoms with E-state index in [1.807, 2.05) is 53.4 Å². The van der Waals surface area contributed by atoms with Crippen molar-refractivity contribution < 1.29 is 4.79 Å². The first-order valence-electron chi connectivity index (χ1n) is 9.11. The van der Waals surface area contributed by atoms with Crippen molar-refractivity contribution in [1.29, 1.82) is 0 Å². The van der Waals surface area contributed by atoms with Crippen LogP contribution in [0.25, 0.3) is 0 Å². The van der Waals surface area contributed by atoms with E-state index in [0.717, 1.165) is 43.7 Å². The second-order valence-electron chi connectivity index (χ2n) is 6.71. The fourth-order valence-electron chi connectivity index (χ4n) is 3.52. The lowest BCUT2D eigenvalue weighted by molar-refractivity contribution is -0.118. The molecule has 0 atom stereocenters. The molecular weight excluding hydrogens is 367 g/mol. The van der Waals surface area contributed by atoms with Crippen molar-refractivity contribution in [1.82, 2.24) is 4.90 Å². The summed E-state index contributed by atoms with van der Waals surface area (Å²) in [7, 11) is 0. The van der Waals surface area contributed by atoms with Crippen LogP contribution >= 0.6 is 23.2 Å². The van der Waals surface area contributed by atoms with E-state index >= 15 is 0 Å². The fraction of sp³-hybridized carbons (Fsp3) is 0.381. The van der Waals surface area contributed by atoms with Crippen LogP contribution in [0.15, 0.2) is 48.5 Å². The minimum Gasteiger partial charge on any atom is -0.309 e. The van der Waals surface area contributed by atoms with Crippen LogP contribution in [0.3, 0.4) is 0 Å². The molecule has 0 aliphatic carbocycles. The monoisotopic (exact) mass is 390 g/mol. The van der Waals surface area contributed by atoms with Crippen LogP contribution in [0.1, 0.15) is 25.3 Å². The van der Waals surface area contributed by atoms with Crippen molar-refractivity contribution in [2.45, 2.75) is 32.2 Å². The Morgan fingerprint density at radius 1 is 1.00 bits per heavy atom. The number of carbonyl (C=O) groups excluding carboxylic acids is 1. The van der Waals surface area contributed by atoms with Gasteiger partial charge in [-0.2, -0.15) is 0 Å². The summed E-state index contributed by atoms with van der Waals surface area (Å²) in [4.78, 5) is 17.6. The molecule has 0 N–H and O–H groups in total. The summed E-state index contributed by atoms with van der Waals surface area (Å²) in [6.07, 6.45) is 2.35. The number of rotatable bonds is 5. The molecule has 2 aromatic carbocycles. The molecule has 1 aliphatic heterocycles. The minimum atomic E-state index is 0.115. The normalized spacial score (nSPS) is 15.8. The number of benzene rings is 2. The molecule has 5 heteroatoms. The second kappa shape index (κ2) is 8.90. The lowest BCUT2D eigenvalue weighted by atomic mass is 10.0. The first-order valence-corrected chi connectivity index (χ1v) is 9.87. The summed E-state index contributed by atoms with van der Waals surface area (Å²) in [6, 6.07) is 15.3. The largest absolute Gasteiger partial charge is 0.309 e. The Balaban J connectivity index is 1.81. The molecule has 0 unspecified atom stereocenters. The molecule has 1 fully saturated rings. The van der Waals surface area contributed by atoms with Gasteiger partial charge in [-0.05, 0) is 61.3 Å². The van der Waals surface area contributed by atoms with Gasteiger partial charge in [0.25, 0.3) is 0 Å². The van der Waals surface area contributed by atoms with Gasteiger partial charge in [-0.15, -0.1) is 0 Å². The van der Waals surface area contributed by atoms with Gasteiger partial charge in [0.15, 0.2) is 0 Å². The molecule has 26 heavy (non-hydrogen) atoms. The first-order chi connectivity index (χ1) is 12.6. The number of hydrogen-bond donors (Lipinski definition) is 0. The smallest absolute Gasteiger partial charge is 0.231 e. The summed E-state index contributed by atoms with van der Waals surface area (Å²) < 4.78 is 0. The molecule has 0 spiro atoms. The van der Waals surface area contributed by atoms with Gasteiger partial charge in [0.2, 0.25) is 5.91 Å². The highest BCUT2D eigenvalue weighted by Crippen LogP contribution is 2.26. The number of likely N-dealkylation sites (tertiary alicyclic amines) is 1. The van der Waals surface area contributed by atoms with Crippen LogP contribution in [-0.4, -0.2) is 36.5 Å². The number of piperidine rings is 1. The fourth-order valence-corrected chi connectivity index (χ4v) is 3.77. The minimum absolute atomic E-state index is 0.115. The lowest BCUT2D eigenvalue weighted by Gasteiger charge is -2.38. The molecular formula is C21H24Cl2N2O. The quantitative estimate of drug-likeness (QED) is 0.712. The van der Waals surface area contributed by atoms with Crippen LogP contribution in [0.5, 0.6) is 0 Å². The van der Waals surface area contributed by atoms with Gasteiger partial charge >= 0.3 is 0 Å². The van der Waals surface area contributed by atoms with Gasteiger partial charge in [0.1, 0.15) is 0 Å². The van der Waals surface area contributed by atoms with Crippen LogP contribution in [-0.2, 0) is 11.2 Å². The van der Waals surface area contributed by atoms with Crippen molar-refractivity contribution in [3.63, 3.8) is 0 Å². The van der Waals surface area contributed by atoms with Gasteiger partial charge in [-0.3, -0.25) is 4.79 Å². The van der Waals surface area contributed by atoms with Crippen molar-refractivity contribution in [3.8, 4) is 0 Å². The average molecular weight is 391 g/mol. The zero-order valence-corrected chi connectivity index (χ0v) is 16.5. The second-order valence-corrected chi connectivity index (χ2v) is 7.58. The van der Waals surface area contributed by atoms with Crippen molar-refractivity contribution >= 4 is 34.8 Å². The number of hydrogen-bond acceptors (Lipinski definition) is 2. The number of nitrogens with zero attached hydrogens (tertiary/aromatic N) is 2. The Hall–Kier alpha value is -1.55. The number of carbonyl (C=O) groups is 1. The third-order valence-corrected chi connectivity index (χ3v) is 5.52. The van der Waals surface area contributed by atoms with Crippen molar-refractivity contribution in [3.05, 3.63) is 64.1 Å². The van der Waals surface area contributed by atoms with E-state index in [2.05, 4.69) is 11.8 Å². The van der Waals surface area contributed by atoms with Crippen LogP contribution in [0, 0.1) is 0 Å².